The molecule has 1 unspecified atom stereocenters. The molecule has 1 amide bonds. The van der Waals surface area contributed by atoms with Crippen molar-refractivity contribution in [3.8, 4) is 11.5 Å². The molecule has 1 heterocycles. The summed E-state index contributed by atoms with van der Waals surface area (Å²) in [6.07, 6.45) is 2.10. The Balaban J connectivity index is 1.45. The molecule has 0 saturated heterocycles. The number of nitrogens with zero attached hydrogens (tertiary/aromatic N) is 2. The van der Waals surface area contributed by atoms with E-state index in [2.05, 4.69) is 20.8 Å². The van der Waals surface area contributed by atoms with Crippen molar-refractivity contribution in [3.05, 3.63) is 65.8 Å². The molecule has 0 aliphatic heterocycles. The van der Waals surface area contributed by atoms with Gasteiger partial charge in [0.25, 0.3) is 5.91 Å². The van der Waals surface area contributed by atoms with Crippen LogP contribution in [0.1, 0.15) is 42.1 Å². The summed E-state index contributed by atoms with van der Waals surface area (Å²) in [5.74, 6) is 0.350. The Morgan fingerprint density at radius 3 is 2.70 bits per heavy atom. The zero-order valence-corrected chi connectivity index (χ0v) is 14.8. The number of benzene rings is 2. The van der Waals surface area contributed by atoms with E-state index in [0.29, 0.717) is 29.0 Å². The summed E-state index contributed by atoms with van der Waals surface area (Å²) in [5.41, 5.74) is 2.05. The maximum absolute atomic E-state index is 13.0. The molecule has 0 radical (unpaired) electrons. The monoisotopic (exact) mass is 366 g/mol. The van der Waals surface area contributed by atoms with Gasteiger partial charge in [0.05, 0.1) is 0 Å². The van der Waals surface area contributed by atoms with Crippen LogP contribution < -0.4 is 10.6 Å². The number of amides is 1. The van der Waals surface area contributed by atoms with Crippen molar-refractivity contribution in [2.24, 2.45) is 0 Å². The number of carbonyl (C=O) groups excluding carboxylic acids is 1. The fourth-order valence-electron chi connectivity index (χ4n) is 2.68. The summed E-state index contributed by atoms with van der Waals surface area (Å²) in [5, 5.41) is 14.3. The number of aromatic nitrogens is 2. The van der Waals surface area contributed by atoms with Gasteiger partial charge in [-0.3, -0.25) is 4.79 Å². The lowest BCUT2D eigenvalue weighted by atomic mass is 10.1. The maximum atomic E-state index is 13.0. The zero-order valence-electron chi connectivity index (χ0n) is 14.8. The topological polar surface area (TPSA) is 80.0 Å². The van der Waals surface area contributed by atoms with Gasteiger partial charge in [-0.1, -0.05) is 6.07 Å². The van der Waals surface area contributed by atoms with E-state index in [0.717, 1.165) is 18.5 Å². The number of nitrogens with one attached hydrogen (secondary N) is 2. The number of anilines is 1. The van der Waals surface area contributed by atoms with E-state index < -0.39 is 0 Å². The fraction of sp³-hybridized carbons (Fsp3) is 0.250. The second-order valence-electron chi connectivity index (χ2n) is 6.65. The minimum Gasteiger partial charge on any atom is -0.418 e. The standard InChI is InChI=1S/C20H19FN4O2/c1-12(19-24-25-20(27-19)13-5-7-15(21)8-6-13)22-17-4-2-3-14(11-17)18(26)23-16-9-10-16/h2-8,11-12,16,22H,9-10H2,1H3,(H,23,26). The fourth-order valence-corrected chi connectivity index (χ4v) is 2.68. The zero-order chi connectivity index (χ0) is 18.8. The number of halogens is 1. The molecule has 0 spiro atoms. The predicted molar refractivity (Wildman–Crippen MR) is 98.7 cm³/mol. The lowest BCUT2D eigenvalue weighted by Gasteiger charge is -2.12. The summed E-state index contributed by atoms with van der Waals surface area (Å²) in [7, 11) is 0. The van der Waals surface area contributed by atoms with Gasteiger partial charge in [0, 0.05) is 22.9 Å². The van der Waals surface area contributed by atoms with Gasteiger partial charge in [0.2, 0.25) is 11.8 Å². The maximum Gasteiger partial charge on any atom is 0.251 e. The van der Waals surface area contributed by atoms with E-state index in [1.165, 1.54) is 12.1 Å². The molecule has 6 nitrogen and oxygen atoms in total. The van der Waals surface area contributed by atoms with E-state index in [9.17, 15) is 9.18 Å². The molecule has 7 heteroatoms. The molecule has 1 atom stereocenters. The molecule has 27 heavy (non-hydrogen) atoms. The van der Waals surface area contributed by atoms with Crippen molar-refractivity contribution in [3.63, 3.8) is 0 Å². The molecule has 1 fully saturated rings. The van der Waals surface area contributed by atoms with Crippen LogP contribution in [0.5, 0.6) is 0 Å². The highest BCUT2D eigenvalue weighted by atomic mass is 19.1. The van der Waals surface area contributed by atoms with E-state index in [4.69, 9.17) is 4.42 Å². The summed E-state index contributed by atoms with van der Waals surface area (Å²) < 4.78 is 18.7. The van der Waals surface area contributed by atoms with Crippen molar-refractivity contribution < 1.29 is 13.6 Å². The second kappa shape index (κ2) is 7.19. The van der Waals surface area contributed by atoms with Gasteiger partial charge in [0.1, 0.15) is 11.9 Å². The predicted octanol–water partition coefficient (Wildman–Crippen LogP) is 3.94. The average molecular weight is 366 g/mol. The highest BCUT2D eigenvalue weighted by Gasteiger charge is 2.24. The average Bonchev–Trinajstić information content (AvgIpc) is 3.34. The van der Waals surface area contributed by atoms with Crippen molar-refractivity contribution in [2.45, 2.75) is 31.8 Å². The third-order valence-corrected chi connectivity index (χ3v) is 4.32. The van der Waals surface area contributed by atoms with Gasteiger partial charge in [-0.2, -0.15) is 0 Å². The number of carbonyl (C=O) groups is 1. The first kappa shape index (κ1) is 17.2. The Labute approximate surface area is 155 Å². The highest BCUT2D eigenvalue weighted by molar-refractivity contribution is 5.95. The second-order valence-corrected chi connectivity index (χ2v) is 6.65. The SMILES string of the molecule is CC(Nc1cccc(C(=O)NC2CC2)c1)c1nnc(-c2ccc(F)cc2)o1. The molecular formula is C20H19FN4O2. The Morgan fingerprint density at radius 2 is 1.96 bits per heavy atom. The van der Waals surface area contributed by atoms with E-state index >= 15 is 0 Å². The Bertz CT molecular complexity index is 951. The van der Waals surface area contributed by atoms with Crippen molar-refractivity contribution in [1.29, 1.82) is 0 Å². The molecule has 138 valence electrons. The molecule has 1 aromatic heterocycles. The van der Waals surface area contributed by atoms with Crippen molar-refractivity contribution >= 4 is 11.6 Å². The van der Waals surface area contributed by atoms with Crippen LogP contribution in [0.4, 0.5) is 10.1 Å². The summed E-state index contributed by atoms with van der Waals surface area (Å²) in [6, 6.07) is 13.2. The molecule has 1 saturated carbocycles. The molecule has 1 aliphatic rings. The molecule has 0 bridgehead atoms. The normalized spacial score (nSPS) is 14.6. The Hall–Kier alpha value is -3.22. The highest BCUT2D eigenvalue weighted by Crippen LogP contribution is 2.24. The van der Waals surface area contributed by atoms with Gasteiger partial charge in [-0.15, -0.1) is 10.2 Å². The minimum atomic E-state index is -0.320. The molecule has 2 aromatic carbocycles. The van der Waals surface area contributed by atoms with E-state index in [1.807, 2.05) is 19.1 Å². The molecule has 4 rings (SSSR count). The van der Waals surface area contributed by atoms with Crippen LogP contribution in [0.3, 0.4) is 0 Å². The van der Waals surface area contributed by atoms with Gasteiger partial charge in [0.15, 0.2) is 0 Å². The molecular weight excluding hydrogens is 347 g/mol. The van der Waals surface area contributed by atoms with Crippen LogP contribution in [-0.2, 0) is 0 Å². The minimum absolute atomic E-state index is 0.0646. The van der Waals surface area contributed by atoms with Gasteiger partial charge in [-0.05, 0) is 62.2 Å². The molecule has 3 aromatic rings. The van der Waals surface area contributed by atoms with Gasteiger partial charge >= 0.3 is 0 Å². The Kier molecular flexibility index (Phi) is 4.58. The quantitative estimate of drug-likeness (QED) is 0.691. The van der Waals surface area contributed by atoms with E-state index in [1.54, 1.807) is 24.3 Å². The van der Waals surface area contributed by atoms with Crippen LogP contribution in [0, 0.1) is 5.82 Å². The number of hydrogen-bond donors (Lipinski definition) is 2. The lowest BCUT2D eigenvalue weighted by molar-refractivity contribution is 0.0951. The van der Waals surface area contributed by atoms with Crippen LogP contribution in [-0.4, -0.2) is 22.1 Å². The van der Waals surface area contributed by atoms with Crippen molar-refractivity contribution in [2.75, 3.05) is 5.32 Å². The number of hydrogen-bond acceptors (Lipinski definition) is 5. The Morgan fingerprint density at radius 1 is 1.19 bits per heavy atom. The van der Waals surface area contributed by atoms with Crippen LogP contribution >= 0.6 is 0 Å². The third kappa shape index (κ3) is 4.13. The lowest BCUT2D eigenvalue weighted by Crippen LogP contribution is -2.25. The summed E-state index contributed by atoms with van der Waals surface area (Å²) in [4.78, 5) is 12.2. The third-order valence-electron chi connectivity index (χ3n) is 4.32. The largest absolute Gasteiger partial charge is 0.418 e. The van der Waals surface area contributed by atoms with Crippen LogP contribution in [0.2, 0.25) is 0 Å². The first-order valence-corrected chi connectivity index (χ1v) is 8.85. The van der Waals surface area contributed by atoms with Crippen molar-refractivity contribution in [1.82, 2.24) is 15.5 Å². The smallest absolute Gasteiger partial charge is 0.251 e. The number of rotatable bonds is 6. The summed E-state index contributed by atoms with van der Waals surface area (Å²) >= 11 is 0. The summed E-state index contributed by atoms with van der Waals surface area (Å²) in [6.45, 7) is 1.89. The van der Waals surface area contributed by atoms with Crippen LogP contribution in [0.25, 0.3) is 11.5 Å². The van der Waals surface area contributed by atoms with Gasteiger partial charge in [-0.25, -0.2) is 4.39 Å². The van der Waals surface area contributed by atoms with Gasteiger partial charge < -0.3 is 15.1 Å². The van der Waals surface area contributed by atoms with E-state index in [-0.39, 0.29) is 17.8 Å². The molecule has 1 aliphatic carbocycles. The van der Waals surface area contributed by atoms with Crippen LogP contribution in [0.15, 0.2) is 52.9 Å². The first-order valence-electron chi connectivity index (χ1n) is 8.85. The molecule has 2 N–H and O–H groups in total. The first-order chi connectivity index (χ1) is 13.1.